The maximum Gasteiger partial charge on any atom is 0.262 e. The van der Waals surface area contributed by atoms with Gasteiger partial charge in [-0.25, -0.2) is 0 Å². The van der Waals surface area contributed by atoms with Crippen LogP contribution < -0.4 is 5.32 Å². The molecule has 0 unspecified atom stereocenters. The molecule has 126 valence electrons. The number of hydrogen-bond acceptors (Lipinski definition) is 3. The number of hydrogen-bond donors (Lipinski definition) is 1. The van der Waals surface area contributed by atoms with Crippen LogP contribution in [0.5, 0.6) is 0 Å². The highest BCUT2D eigenvalue weighted by Crippen LogP contribution is 2.38. The summed E-state index contributed by atoms with van der Waals surface area (Å²) in [6.07, 6.45) is 7.04. The topological polar surface area (TPSA) is 65.8 Å². The molecule has 1 heterocycles. The minimum Gasteiger partial charge on any atom is -0.342 e. The Morgan fingerprint density at radius 1 is 1.20 bits per heavy atom. The highest BCUT2D eigenvalue weighted by Gasteiger charge is 2.37. The SMILES string of the molecule is N#CC(=Cc1ncccc1Br)C(=O)NC1(c2ccccc2)CCCC1. The van der Waals surface area contributed by atoms with Crippen molar-refractivity contribution < 1.29 is 4.79 Å². The van der Waals surface area contributed by atoms with Gasteiger partial charge in [0.15, 0.2) is 0 Å². The molecule has 2 aromatic rings. The molecule has 3 rings (SSSR count). The minimum absolute atomic E-state index is 0.0570. The van der Waals surface area contributed by atoms with Gasteiger partial charge in [-0.2, -0.15) is 5.26 Å². The van der Waals surface area contributed by atoms with E-state index in [4.69, 9.17) is 0 Å². The normalized spacial score (nSPS) is 16.2. The highest BCUT2D eigenvalue weighted by atomic mass is 79.9. The van der Waals surface area contributed by atoms with Gasteiger partial charge >= 0.3 is 0 Å². The van der Waals surface area contributed by atoms with Crippen LogP contribution in [-0.4, -0.2) is 10.9 Å². The van der Waals surface area contributed by atoms with Gasteiger partial charge in [0.1, 0.15) is 11.6 Å². The van der Waals surface area contributed by atoms with Crippen LogP contribution in [0.3, 0.4) is 0 Å². The fourth-order valence-electron chi connectivity index (χ4n) is 3.30. The number of rotatable bonds is 4. The van der Waals surface area contributed by atoms with E-state index >= 15 is 0 Å². The lowest BCUT2D eigenvalue weighted by atomic mass is 9.88. The molecule has 0 bridgehead atoms. The summed E-state index contributed by atoms with van der Waals surface area (Å²) in [6, 6.07) is 15.6. The second kappa shape index (κ2) is 7.62. The van der Waals surface area contributed by atoms with Gasteiger partial charge in [0.05, 0.1) is 11.2 Å². The third-order valence-corrected chi connectivity index (χ3v) is 5.24. The van der Waals surface area contributed by atoms with Crippen molar-refractivity contribution in [3.63, 3.8) is 0 Å². The molecule has 5 heteroatoms. The molecule has 0 spiro atoms. The number of benzene rings is 1. The summed E-state index contributed by atoms with van der Waals surface area (Å²) in [4.78, 5) is 17.0. The Morgan fingerprint density at radius 3 is 2.56 bits per heavy atom. The molecule has 0 saturated heterocycles. The van der Waals surface area contributed by atoms with E-state index in [1.165, 1.54) is 6.08 Å². The van der Waals surface area contributed by atoms with E-state index in [1.807, 2.05) is 42.5 Å². The third-order valence-electron chi connectivity index (χ3n) is 4.57. The van der Waals surface area contributed by atoms with Gasteiger partial charge in [-0.15, -0.1) is 0 Å². The van der Waals surface area contributed by atoms with Crippen LogP contribution in [-0.2, 0) is 10.3 Å². The van der Waals surface area contributed by atoms with E-state index < -0.39 is 5.54 Å². The standard InChI is InChI=1S/C20H18BrN3O/c21-17-9-6-12-23-18(17)13-15(14-22)19(25)24-20(10-4-5-11-20)16-7-2-1-3-8-16/h1-3,6-9,12-13H,4-5,10-11H2,(H,24,25). The predicted octanol–water partition coefficient (Wildman–Crippen LogP) is 4.34. The molecule has 25 heavy (non-hydrogen) atoms. The van der Waals surface area contributed by atoms with E-state index in [0.717, 1.165) is 35.7 Å². The third kappa shape index (κ3) is 3.80. The number of amides is 1. The Morgan fingerprint density at radius 2 is 1.92 bits per heavy atom. The lowest BCUT2D eigenvalue weighted by molar-refractivity contribution is -0.119. The van der Waals surface area contributed by atoms with Crippen LogP contribution in [0.2, 0.25) is 0 Å². The van der Waals surface area contributed by atoms with Crippen LogP contribution in [0.25, 0.3) is 6.08 Å². The molecule has 1 aromatic heterocycles. The van der Waals surface area contributed by atoms with Crippen molar-refractivity contribution >= 4 is 27.9 Å². The van der Waals surface area contributed by atoms with Crippen molar-refractivity contribution in [2.24, 2.45) is 0 Å². The quantitative estimate of drug-likeness (QED) is 0.618. The molecule has 1 aromatic carbocycles. The first-order valence-electron chi connectivity index (χ1n) is 8.25. The zero-order valence-electron chi connectivity index (χ0n) is 13.7. The van der Waals surface area contributed by atoms with Crippen LogP contribution in [0.4, 0.5) is 0 Å². The van der Waals surface area contributed by atoms with Gasteiger partial charge in [0.25, 0.3) is 5.91 Å². The van der Waals surface area contributed by atoms with E-state index in [1.54, 1.807) is 12.3 Å². The first-order valence-corrected chi connectivity index (χ1v) is 9.04. The molecule has 0 aliphatic heterocycles. The molecule has 0 atom stereocenters. The number of carbonyl (C=O) groups excluding carboxylic acids is 1. The molecule has 1 fully saturated rings. The fraction of sp³-hybridized carbons (Fsp3) is 0.250. The summed E-state index contributed by atoms with van der Waals surface area (Å²) in [7, 11) is 0. The van der Waals surface area contributed by atoms with Crippen molar-refractivity contribution in [2.45, 2.75) is 31.2 Å². The predicted molar refractivity (Wildman–Crippen MR) is 100 cm³/mol. The molecule has 1 aliphatic rings. The minimum atomic E-state index is -0.393. The molecular formula is C20H18BrN3O. The van der Waals surface area contributed by atoms with Crippen molar-refractivity contribution in [3.8, 4) is 6.07 Å². The summed E-state index contributed by atoms with van der Waals surface area (Å²) >= 11 is 3.39. The summed E-state index contributed by atoms with van der Waals surface area (Å²) in [6.45, 7) is 0. The Labute approximate surface area is 155 Å². The van der Waals surface area contributed by atoms with Crippen molar-refractivity contribution in [3.05, 3.63) is 70.0 Å². The second-order valence-corrected chi connectivity index (χ2v) is 7.00. The number of nitrogens with one attached hydrogen (secondary N) is 1. The fourth-order valence-corrected chi connectivity index (χ4v) is 3.67. The zero-order chi connectivity index (χ0) is 17.7. The molecule has 0 radical (unpaired) electrons. The zero-order valence-corrected chi connectivity index (χ0v) is 15.3. The molecular weight excluding hydrogens is 378 g/mol. The maximum absolute atomic E-state index is 12.8. The van der Waals surface area contributed by atoms with Crippen LogP contribution in [0, 0.1) is 11.3 Å². The van der Waals surface area contributed by atoms with Gasteiger partial charge in [-0.3, -0.25) is 9.78 Å². The van der Waals surface area contributed by atoms with Crippen LogP contribution in [0.1, 0.15) is 36.9 Å². The number of carbonyl (C=O) groups is 1. The average Bonchev–Trinajstić information content (AvgIpc) is 3.11. The van der Waals surface area contributed by atoms with E-state index in [0.29, 0.717) is 5.69 Å². The Bertz CT molecular complexity index is 834. The van der Waals surface area contributed by atoms with Crippen molar-refractivity contribution in [1.82, 2.24) is 10.3 Å². The van der Waals surface area contributed by atoms with Gasteiger partial charge in [-0.1, -0.05) is 43.2 Å². The van der Waals surface area contributed by atoms with Gasteiger partial charge in [-0.05, 0) is 52.5 Å². The lowest BCUT2D eigenvalue weighted by Crippen LogP contribution is -2.44. The van der Waals surface area contributed by atoms with Crippen LogP contribution >= 0.6 is 15.9 Å². The highest BCUT2D eigenvalue weighted by molar-refractivity contribution is 9.10. The van der Waals surface area contributed by atoms with Crippen molar-refractivity contribution in [2.75, 3.05) is 0 Å². The number of nitrogens with zero attached hydrogens (tertiary/aromatic N) is 2. The Kier molecular flexibility index (Phi) is 5.30. The maximum atomic E-state index is 12.8. The summed E-state index contributed by atoms with van der Waals surface area (Å²) in [5, 5.41) is 12.6. The number of aromatic nitrogens is 1. The smallest absolute Gasteiger partial charge is 0.262 e. The number of nitriles is 1. The molecule has 1 N–H and O–H groups in total. The Hall–Kier alpha value is -2.45. The summed E-state index contributed by atoms with van der Waals surface area (Å²) < 4.78 is 0.745. The van der Waals surface area contributed by atoms with Crippen LogP contribution in [0.15, 0.2) is 58.7 Å². The van der Waals surface area contributed by atoms with Gasteiger partial charge in [0.2, 0.25) is 0 Å². The monoisotopic (exact) mass is 395 g/mol. The first kappa shape index (κ1) is 17.4. The van der Waals surface area contributed by atoms with Gasteiger partial charge in [0, 0.05) is 10.7 Å². The molecule has 4 nitrogen and oxygen atoms in total. The average molecular weight is 396 g/mol. The number of pyridine rings is 1. The lowest BCUT2D eigenvalue weighted by Gasteiger charge is -2.31. The largest absolute Gasteiger partial charge is 0.342 e. The Balaban J connectivity index is 1.89. The second-order valence-electron chi connectivity index (χ2n) is 6.15. The summed E-state index contributed by atoms with van der Waals surface area (Å²) in [5.41, 5.74) is 1.32. The summed E-state index contributed by atoms with van der Waals surface area (Å²) in [5.74, 6) is -0.356. The van der Waals surface area contributed by atoms with E-state index in [2.05, 4.69) is 26.2 Å². The van der Waals surface area contributed by atoms with Crippen molar-refractivity contribution in [1.29, 1.82) is 5.26 Å². The molecule has 1 aliphatic carbocycles. The molecule has 1 amide bonds. The molecule has 1 saturated carbocycles. The van der Waals surface area contributed by atoms with Gasteiger partial charge < -0.3 is 5.32 Å². The van der Waals surface area contributed by atoms with E-state index in [9.17, 15) is 10.1 Å². The number of halogens is 1. The van der Waals surface area contributed by atoms with E-state index in [-0.39, 0.29) is 11.5 Å². The first-order chi connectivity index (χ1) is 12.1.